The number of thiocarbonyl (C=S) groups is 2. The molecule has 0 nitrogen and oxygen atoms in total. The minimum atomic E-state index is 0. The van der Waals surface area contributed by atoms with Crippen LogP contribution >= 0.6 is 24.4 Å². The first-order valence-electron chi connectivity index (χ1n) is 0.943. The van der Waals surface area contributed by atoms with Gasteiger partial charge < -0.3 is 49.7 Å². The van der Waals surface area contributed by atoms with E-state index in [9.17, 15) is 0 Å². The van der Waals surface area contributed by atoms with Crippen LogP contribution in [0.15, 0.2) is 0 Å². The van der Waals surface area contributed by atoms with Gasteiger partial charge in [0.15, 0.2) is 0 Å². The first-order chi connectivity index (χ1) is 2.83. The van der Waals surface area contributed by atoms with Crippen LogP contribution in [0.2, 0.25) is 0 Å². The van der Waals surface area contributed by atoms with Gasteiger partial charge in [-0.15, -0.1) is 0 Å². The molecule has 5 heteroatoms. The minimum absolute atomic E-state index is 0. The molecule has 0 saturated heterocycles. The van der Waals surface area contributed by atoms with Crippen LogP contribution in [0.1, 0.15) is 0 Å². The number of hydrogen-bond acceptors (Lipinski definition) is 4. The zero-order valence-corrected chi connectivity index (χ0v) is 7.92. The van der Waals surface area contributed by atoms with Crippen molar-refractivity contribution in [2.75, 3.05) is 0 Å². The van der Waals surface area contributed by atoms with E-state index in [4.69, 9.17) is 0 Å². The Balaban J connectivity index is -0.0000000400. The molecule has 0 aliphatic carbocycles. The summed E-state index contributed by atoms with van der Waals surface area (Å²) in [4.78, 5) is 0. The maximum atomic E-state index is 4.08. The Morgan fingerprint density at radius 2 is 1.00 bits per heavy atom. The average molecular weight is 261 g/mol. The maximum Gasteiger partial charge on any atom is 2.00 e. The van der Waals surface area contributed by atoms with Gasteiger partial charge in [0.2, 0.25) is 0 Å². The fourth-order valence-electron chi connectivity index (χ4n) is 0. The summed E-state index contributed by atoms with van der Waals surface area (Å²) in [7, 11) is 0. The van der Waals surface area contributed by atoms with Gasteiger partial charge in [0, 0.05) is 0 Å². The number of rotatable bonds is 0. The molecule has 0 fully saturated rings. The second kappa shape index (κ2) is 26.7. The Labute approximate surface area is 78.9 Å². The van der Waals surface area contributed by atoms with Crippen LogP contribution in [-0.2, 0) is 45.7 Å². The van der Waals surface area contributed by atoms with Crippen molar-refractivity contribution in [2.45, 2.75) is 0 Å². The molecule has 44 valence electrons. The first-order valence-corrected chi connectivity index (χ1v) is 2.83. The van der Waals surface area contributed by atoms with Crippen molar-refractivity contribution in [3.63, 3.8) is 0 Å². The smallest absolute Gasteiger partial charge is 0.436 e. The normalized spacial score (nSPS) is 3.43. The Morgan fingerprint density at radius 1 is 1.00 bits per heavy atom. The van der Waals surface area contributed by atoms with E-state index in [1.54, 1.807) is 0 Å². The fourth-order valence-corrected chi connectivity index (χ4v) is 0. The van der Waals surface area contributed by atoms with Crippen molar-refractivity contribution in [3.05, 3.63) is 0 Å². The van der Waals surface area contributed by atoms with E-state index in [1.165, 1.54) is 9.40 Å². The topological polar surface area (TPSA) is 0 Å². The molecule has 0 aromatic heterocycles. The standard InChI is InChI=1S/2CH2S2.Pd/c2*2-1-3;/h2*1H,(H,2,3);/q;;+2/p-2. The molecule has 0 aliphatic heterocycles. The van der Waals surface area contributed by atoms with Crippen molar-refractivity contribution in [1.82, 2.24) is 0 Å². The molecule has 0 aliphatic rings. The largest absolute Gasteiger partial charge is 2.00 e. The van der Waals surface area contributed by atoms with Crippen LogP contribution < -0.4 is 0 Å². The Hall–Kier alpha value is 1.28. The molecule has 0 radical (unpaired) electrons. The summed E-state index contributed by atoms with van der Waals surface area (Å²) in [6.45, 7) is 0. The molecule has 0 unspecified atom stereocenters. The molecule has 0 heterocycles. The van der Waals surface area contributed by atoms with Crippen LogP contribution in [0.3, 0.4) is 0 Å². The third-order valence-corrected chi connectivity index (χ3v) is 0. The summed E-state index contributed by atoms with van der Waals surface area (Å²) in [5.41, 5.74) is 0. The van der Waals surface area contributed by atoms with Gasteiger partial charge in [-0.1, -0.05) is 0 Å². The van der Waals surface area contributed by atoms with Crippen LogP contribution in [0.25, 0.3) is 0 Å². The van der Waals surface area contributed by atoms with Crippen LogP contribution in [-0.4, -0.2) is 9.40 Å². The summed E-state index contributed by atoms with van der Waals surface area (Å²) in [6, 6.07) is 0. The molecule has 0 spiro atoms. The minimum Gasteiger partial charge on any atom is -0.436 e. The van der Waals surface area contributed by atoms with Gasteiger partial charge in [-0.2, -0.15) is 9.40 Å². The first kappa shape index (κ1) is 15.7. The number of hydrogen-bond donors (Lipinski definition) is 0. The van der Waals surface area contributed by atoms with Gasteiger partial charge in [0.05, 0.1) is 0 Å². The molecule has 0 bridgehead atoms. The summed E-state index contributed by atoms with van der Waals surface area (Å²) in [6.07, 6.45) is 0. The SMILES string of the molecule is S=C[S-].S=C[S-].[Pd+2]. The maximum absolute atomic E-state index is 4.08. The van der Waals surface area contributed by atoms with E-state index in [0.29, 0.717) is 0 Å². The van der Waals surface area contributed by atoms with Crippen LogP contribution in [0.4, 0.5) is 0 Å². The Kier molecular flexibility index (Phi) is 60.0. The molecule has 0 atom stereocenters. The molecule has 0 rings (SSSR count). The monoisotopic (exact) mass is 260 g/mol. The van der Waals surface area contributed by atoms with Gasteiger partial charge in [-0.25, -0.2) is 0 Å². The van der Waals surface area contributed by atoms with Crippen LogP contribution in [0, 0.1) is 0 Å². The van der Waals surface area contributed by atoms with Gasteiger partial charge in [-0.3, -0.25) is 0 Å². The van der Waals surface area contributed by atoms with E-state index < -0.39 is 0 Å². The summed E-state index contributed by atoms with van der Waals surface area (Å²) >= 11 is 16.3. The Morgan fingerprint density at radius 3 is 1.00 bits per heavy atom. The molecular weight excluding hydrogens is 259 g/mol. The zero-order valence-electron chi connectivity index (χ0n) is 3.10. The predicted molar refractivity (Wildman–Crippen MR) is 42.0 cm³/mol. The van der Waals surface area contributed by atoms with E-state index in [1.807, 2.05) is 0 Å². The van der Waals surface area contributed by atoms with Crippen molar-refractivity contribution >= 4 is 59.1 Å². The van der Waals surface area contributed by atoms with Gasteiger partial charge >= 0.3 is 20.4 Å². The average Bonchev–Trinajstić information content (AvgIpc) is 1.39. The Bertz CT molecular complexity index is 30.7. The molecular formula is C2H2PdS4. The zero-order chi connectivity index (χ0) is 5.41. The van der Waals surface area contributed by atoms with E-state index in [2.05, 4.69) is 49.7 Å². The third kappa shape index (κ3) is 124. The van der Waals surface area contributed by atoms with Crippen molar-refractivity contribution in [1.29, 1.82) is 0 Å². The third-order valence-electron chi connectivity index (χ3n) is 0. The molecule has 0 aromatic rings. The fraction of sp³-hybridized carbons (Fsp3) is 0. The second-order valence-electron chi connectivity index (χ2n) is 0.192. The molecule has 0 N–H and O–H groups in total. The van der Waals surface area contributed by atoms with E-state index >= 15 is 0 Å². The van der Waals surface area contributed by atoms with Crippen LogP contribution in [0.5, 0.6) is 0 Å². The van der Waals surface area contributed by atoms with E-state index in [0.717, 1.165) is 0 Å². The van der Waals surface area contributed by atoms with E-state index in [-0.39, 0.29) is 20.4 Å². The van der Waals surface area contributed by atoms with Gasteiger partial charge in [0.25, 0.3) is 0 Å². The summed E-state index contributed by atoms with van der Waals surface area (Å²) in [5.74, 6) is 0. The molecule has 0 amide bonds. The van der Waals surface area contributed by atoms with Gasteiger partial charge in [-0.05, 0) is 0 Å². The second-order valence-corrected chi connectivity index (χ2v) is 1.73. The molecule has 7 heavy (non-hydrogen) atoms. The molecule has 0 saturated carbocycles. The van der Waals surface area contributed by atoms with Gasteiger partial charge in [0.1, 0.15) is 0 Å². The van der Waals surface area contributed by atoms with Crippen molar-refractivity contribution in [2.24, 2.45) is 0 Å². The molecule has 0 aromatic carbocycles. The summed E-state index contributed by atoms with van der Waals surface area (Å²) < 4.78 is 2.33. The predicted octanol–water partition coefficient (Wildman–Crippen LogP) is 0.979. The quantitative estimate of drug-likeness (QED) is 0.362. The summed E-state index contributed by atoms with van der Waals surface area (Å²) in [5, 5.41) is 0. The van der Waals surface area contributed by atoms with Crippen molar-refractivity contribution < 1.29 is 20.4 Å². The van der Waals surface area contributed by atoms with Crippen molar-refractivity contribution in [3.8, 4) is 0 Å².